The number of carbonyl (C=O) groups excluding carboxylic acids is 3. The molecule has 8 heteroatoms. The third-order valence-corrected chi connectivity index (χ3v) is 5.99. The lowest BCUT2D eigenvalue weighted by Gasteiger charge is -2.42. The molecule has 0 bridgehead atoms. The van der Waals surface area contributed by atoms with Crippen LogP contribution in [0.1, 0.15) is 33.2 Å². The van der Waals surface area contributed by atoms with Crippen LogP contribution >= 0.6 is 0 Å². The standard InChI is InChI=1S/C23H22F2N2O4/c1-15-17(12-27-20(28)18-9-5-6-10-19(18)21(27)29)11-26(14-23(15,24)25)22(30)31-13-16-7-3-2-4-8-16/h2-10,15,17H,11-14H2,1H3. The van der Waals surface area contributed by atoms with Gasteiger partial charge in [0, 0.05) is 24.9 Å². The van der Waals surface area contributed by atoms with Gasteiger partial charge in [-0.1, -0.05) is 49.4 Å². The second kappa shape index (κ2) is 8.09. The third kappa shape index (κ3) is 4.02. The second-order valence-electron chi connectivity index (χ2n) is 8.00. The van der Waals surface area contributed by atoms with E-state index in [9.17, 15) is 23.2 Å². The number of fused-ring (bicyclic) bond motifs is 1. The van der Waals surface area contributed by atoms with Crippen LogP contribution in [0, 0.1) is 11.8 Å². The van der Waals surface area contributed by atoms with Gasteiger partial charge in [-0.15, -0.1) is 0 Å². The minimum absolute atomic E-state index is 0.0274. The molecule has 2 aromatic rings. The van der Waals surface area contributed by atoms with Crippen LogP contribution < -0.4 is 0 Å². The number of hydrogen-bond donors (Lipinski definition) is 0. The van der Waals surface area contributed by atoms with Gasteiger partial charge in [0.2, 0.25) is 0 Å². The molecular weight excluding hydrogens is 406 g/mol. The van der Waals surface area contributed by atoms with Gasteiger partial charge in [-0.05, 0) is 17.7 Å². The van der Waals surface area contributed by atoms with Crippen molar-refractivity contribution in [2.24, 2.45) is 11.8 Å². The van der Waals surface area contributed by atoms with E-state index in [2.05, 4.69) is 0 Å². The maximum atomic E-state index is 14.7. The van der Waals surface area contributed by atoms with Gasteiger partial charge in [0.1, 0.15) is 6.61 Å². The van der Waals surface area contributed by atoms with E-state index in [1.54, 1.807) is 48.5 Å². The Hall–Kier alpha value is -3.29. The lowest BCUT2D eigenvalue weighted by Crippen LogP contribution is -2.57. The zero-order valence-electron chi connectivity index (χ0n) is 17.0. The molecule has 162 valence electrons. The van der Waals surface area contributed by atoms with Crippen LogP contribution in [-0.2, 0) is 11.3 Å². The van der Waals surface area contributed by atoms with Crippen LogP contribution in [0.15, 0.2) is 54.6 Å². The number of imide groups is 1. The predicted molar refractivity (Wildman–Crippen MR) is 108 cm³/mol. The minimum Gasteiger partial charge on any atom is -0.445 e. The van der Waals surface area contributed by atoms with Crippen molar-refractivity contribution in [1.29, 1.82) is 0 Å². The van der Waals surface area contributed by atoms with Crippen LogP contribution in [0.5, 0.6) is 0 Å². The van der Waals surface area contributed by atoms with Crippen molar-refractivity contribution in [3.63, 3.8) is 0 Å². The molecule has 2 aromatic carbocycles. The second-order valence-corrected chi connectivity index (χ2v) is 8.00. The molecule has 0 saturated carbocycles. The Labute approximate surface area is 178 Å². The molecular formula is C23H22F2N2O4. The van der Waals surface area contributed by atoms with Gasteiger partial charge in [-0.3, -0.25) is 14.5 Å². The number of likely N-dealkylation sites (tertiary alicyclic amines) is 1. The van der Waals surface area contributed by atoms with E-state index >= 15 is 0 Å². The number of halogens is 2. The number of hydrogen-bond acceptors (Lipinski definition) is 4. The fourth-order valence-corrected chi connectivity index (χ4v) is 4.05. The van der Waals surface area contributed by atoms with Crippen molar-refractivity contribution in [2.75, 3.05) is 19.6 Å². The number of benzene rings is 2. The van der Waals surface area contributed by atoms with Crippen molar-refractivity contribution in [3.05, 3.63) is 71.3 Å². The Balaban J connectivity index is 1.47. The molecule has 2 unspecified atom stereocenters. The van der Waals surface area contributed by atoms with Gasteiger partial charge in [0.25, 0.3) is 17.7 Å². The highest BCUT2D eigenvalue weighted by Crippen LogP contribution is 2.38. The largest absolute Gasteiger partial charge is 0.445 e. The van der Waals surface area contributed by atoms with Crippen LogP contribution in [0.25, 0.3) is 0 Å². The van der Waals surface area contributed by atoms with E-state index < -0.39 is 42.2 Å². The summed E-state index contributed by atoms with van der Waals surface area (Å²) in [7, 11) is 0. The first-order valence-corrected chi connectivity index (χ1v) is 10.1. The number of ether oxygens (including phenoxy) is 1. The maximum Gasteiger partial charge on any atom is 0.410 e. The first kappa shape index (κ1) is 21.0. The third-order valence-electron chi connectivity index (χ3n) is 5.99. The molecule has 2 aliphatic rings. The number of rotatable bonds is 4. The minimum atomic E-state index is -3.17. The van der Waals surface area contributed by atoms with E-state index in [1.807, 2.05) is 6.07 Å². The summed E-state index contributed by atoms with van der Waals surface area (Å²) in [4.78, 5) is 39.7. The fraction of sp³-hybridized carbons (Fsp3) is 0.348. The quantitative estimate of drug-likeness (QED) is 0.695. The average molecular weight is 428 g/mol. The van der Waals surface area contributed by atoms with E-state index in [-0.39, 0.29) is 30.8 Å². The number of nitrogens with zero attached hydrogens (tertiary/aromatic N) is 2. The SMILES string of the molecule is CC1C(CN2C(=O)c3ccccc3C2=O)CN(C(=O)OCc2ccccc2)CC1(F)F. The Morgan fingerprint density at radius 3 is 2.23 bits per heavy atom. The molecule has 1 saturated heterocycles. The molecule has 0 N–H and O–H groups in total. The summed E-state index contributed by atoms with van der Waals surface area (Å²) in [5.74, 6) is -6.07. The molecule has 0 spiro atoms. The fourth-order valence-electron chi connectivity index (χ4n) is 4.05. The van der Waals surface area contributed by atoms with E-state index in [0.29, 0.717) is 0 Å². The first-order chi connectivity index (χ1) is 14.8. The number of amides is 3. The number of piperidine rings is 1. The van der Waals surface area contributed by atoms with Crippen molar-refractivity contribution in [3.8, 4) is 0 Å². The first-order valence-electron chi connectivity index (χ1n) is 10.1. The molecule has 0 aliphatic carbocycles. The van der Waals surface area contributed by atoms with E-state index in [1.165, 1.54) is 6.92 Å². The highest BCUT2D eigenvalue weighted by molar-refractivity contribution is 6.21. The van der Waals surface area contributed by atoms with E-state index in [4.69, 9.17) is 4.74 Å². The predicted octanol–water partition coefficient (Wildman–Crippen LogP) is 3.82. The lowest BCUT2D eigenvalue weighted by molar-refractivity contribution is -0.125. The summed E-state index contributed by atoms with van der Waals surface area (Å²) in [6, 6.07) is 15.3. The van der Waals surface area contributed by atoms with Gasteiger partial charge in [-0.2, -0.15) is 0 Å². The van der Waals surface area contributed by atoms with Crippen molar-refractivity contribution < 1.29 is 27.9 Å². The van der Waals surface area contributed by atoms with Crippen LogP contribution in [0.3, 0.4) is 0 Å². The Kier molecular flexibility index (Phi) is 5.47. The molecule has 2 aliphatic heterocycles. The van der Waals surface area contributed by atoms with Gasteiger partial charge in [-0.25, -0.2) is 13.6 Å². The molecule has 3 amide bonds. The molecule has 6 nitrogen and oxygen atoms in total. The molecule has 31 heavy (non-hydrogen) atoms. The topological polar surface area (TPSA) is 66.9 Å². The lowest BCUT2D eigenvalue weighted by atomic mass is 9.83. The molecule has 2 heterocycles. The Morgan fingerprint density at radius 1 is 1.03 bits per heavy atom. The molecule has 0 aromatic heterocycles. The van der Waals surface area contributed by atoms with Gasteiger partial charge in [0.15, 0.2) is 0 Å². The summed E-state index contributed by atoms with van der Waals surface area (Å²) in [5.41, 5.74) is 1.28. The summed E-state index contributed by atoms with van der Waals surface area (Å²) in [6.45, 7) is 0.375. The van der Waals surface area contributed by atoms with Crippen molar-refractivity contribution in [2.45, 2.75) is 19.5 Å². The highest BCUT2D eigenvalue weighted by atomic mass is 19.3. The molecule has 4 rings (SSSR count). The number of carbonyl (C=O) groups is 3. The van der Waals surface area contributed by atoms with Crippen LogP contribution in [-0.4, -0.2) is 53.3 Å². The summed E-state index contributed by atoms with van der Waals surface area (Å²) in [5, 5.41) is 0. The monoisotopic (exact) mass is 428 g/mol. The van der Waals surface area contributed by atoms with Gasteiger partial charge >= 0.3 is 6.09 Å². The van der Waals surface area contributed by atoms with Crippen LogP contribution in [0.4, 0.5) is 13.6 Å². The summed E-state index contributed by atoms with van der Waals surface area (Å²) in [6.07, 6.45) is -0.845. The molecule has 1 fully saturated rings. The van der Waals surface area contributed by atoms with Gasteiger partial charge < -0.3 is 9.64 Å². The zero-order chi connectivity index (χ0) is 22.2. The molecule has 2 atom stereocenters. The van der Waals surface area contributed by atoms with E-state index in [0.717, 1.165) is 15.4 Å². The Bertz CT molecular complexity index is 977. The molecule has 0 radical (unpaired) electrons. The maximum absolute atomic E-state index is 14.7. The van der Waals surface area contributed by atoms with Gasteiger partial charge in [0.05, 0.1) is 17.7 Å². The average Bonchev–Trinajstić information content (AvgIpc) is 3.00. The zero-order valence-corrected chi connectivity index (χ0v) is 17.0. The Morgan fingerprint density at radius 2 is 1.61 bits per heavy atom. The highest BCUT2D eigenvalue weighted by Gasteiger charge is 2.50. The number of alkyl halides is 2. The normalized spacial score (nSPS) is 22.4. The smallest absolute Gasteiger partial charge is 0.410 e. The van der Waals surface area contributed by atoms with Crippen LogP contribution in [0.2, 0.25) is 0 Å². The summed E-state index contributed by atoms with van der Waals surface area (Å²) < 4.78 is 34.6. The summed E-state index contributed by atoms with van der Waals surface area (Å²) >= 11 is 0. The van der Waals surface area contributed by atoms with Crippen molar-refractivity contribution in [1.82, 2.24) is 9.80 Å². The van der Waals surface area contributed by atoms with Crippen molar-refractivity contribution >= 4 is 17.9 Å².